The number of furan rings is 1. The Kier molecular flexibility index (Phi) is 8.34. The molecule has 1 aliphatic rings. The van der Waals surface area contributed by atoms with Crippen LogP contribution in [0.1, 0.15) is 11.1 Å². The lowest BCUT2D eigenvalue weighted by atomic mass is 9.93. The molecule has 6 heteroatoms. The fourth-order valence-electron chi connectivity index (χ4n) is 7.80. The van der Waals surface area contributed by atoms with E-state index in [9.17, 15) is 0 Å². The highest BCUT2D eigenvalue weighted by Gasteiger charge is 2.20. The van der Waals surface area contributed by atoms with Gasteiger partial charge < -0.3 is 4.42 Å². The first-order valence-corrected chi connectivity index (χ1v) is 20.0. The zero-order valence-corrected chi connectivity index (χ0v) is 31.9. The van der Waals surface area contributed by atoms with E-state index in [4.69, 9.17) is 19.4 Å². The molecule has 0 spiro atoms. The molecule has 0 radical (unpaired) electrons. The van der Waals surface area contributed by atoms with Gasteiger partial charge in [-0.3, -0.25) is 9.97 Å². The maximum absolute atomic E-state index is 6.53. The van der Waals surface area contributed by atoms with Crippen LogP contribution in [0.3, 0.4) is 0 Å². The van der Waals surface area contributed by atoms with Gasteiger partial charge in [-0.15, -0.1) is 0 Å². The van der Waals surface area contributed by atoms with Gasteiger partial charge in [0.2, 0.25) is 0 Å². The predicted molar refractivity (Wildman–Crippen MR) is 237 cm³/mol. The highest BCUT2D eigenvalue weighted by Crippen LogP contribution is 2.47. The van der Waals surface area contributed by atoms with Gasteiger partial charge in [0.25, 0.3) is 0 Å². The minimum Gasteiger partial charge on any atom is -0.456 e. The molecule has 11 rings (SSSR count). The fraction of sp³-hybridized carbons (Fsp3) is 0. The Morgan fingerprint density at radius 3 is 2.00 bits per heavy atom. The van der Waals surface area contributed by atoms with Crippen molar-refractivity contribution in [3.8, 4) is 67.4 Å². The van der Waals surface area contributed by atoms with Gasteiger partial charge in [-0.25, -0.2) is 9.97 Å². The summed E-state index contributed by atoms with van der Waals surface area (Å²) in [5.41, 5.74) is 14.8. The third kappa shape index (κ3) is 6.17. The van der Waals surface area contributed by atoms with Crippen LogP contribution in [-0.2, 0) is 0 Å². The summed E-state index contributed by atoms with van der Waals surface area (Å²) in [6.07, 6.45) is 9.90. The molecular weight excluding hydrogens is 729 g/mol. The topological polar surface area (TPSA) is 64.7 Å². The highest BCUT2D eigenvalue weighted by molar-refractivity contribution is 7.99. The summed E-state index contributed by atoms with van der Waals surface area (Å²) in [7, 11) is 0. The zero-order chi connectivity index (χ0) is 38.4. The molecule has 0 saturated heterocycles. The van der Waals surface area contributed by atoms with Crippen molar-refractivity contribution in [3.63, 3.8) is 0 Å². The lowest BCUT2D eigenvalue weighted by Crippen LogP contribution is -1.97. The largest absolute Gasteiger partial charge is 0.456 e. The summed E-state index contributed by atoms with van der Waals surface area (Å²) in [5, 5.41) is 2.20. The predicted octanol–water partition coefficient (Wildman–Crippen LogP) is 13.8. The van der Waals surface area contributed by atoms with Crippen LogP contribution in [0.25, 0.3) is 102 Å². The van der Waals surface area contributed by atoms with Crippen molar-refractivity contribution >= 4 is 45.9 Å². The van der Waals surface area contributed by atoms with Crippen LogP contribution in [0.4, 0.5) is 0 Å². The fourth-order valence-corrected chi connectivity index (χ4v) is 8.92. The number of fused-ring (bicyclic) bond motifs is 9. The first-order chi connectivity index (χ1) is 28.7. The van der Waals surface area contributed by atoms with E-state index in [0.717, 1.165) is 88.4 Å². The van der Waals surface area contributed by atoms with Crippen LogP contribution in [-0.4, -0.2) is 19.9 Å². The van der Waals surface area contributed by atoms with Crippen molar-refractivity contribution in [2.75, 3.05) is 0 Å². The van der Waals surface area contributed by atoms with Gasteiger partial charge in [0.15, 0.2) is 5.82 Å². The minimum absolute atomic E-state index is 0.603. The van der Waals surface area contributed by atoms with E-state index in [0.29, 0.717) is 5.82 Å². The monoisotopic (exact) mass is 760 g/mol. The molecule has 0 aliphatic carbocycles. The van der Waals surface area contributed by atoms with E-state index in [-0.39, 0.29) is 0 Å². The van der Waals surface area contributed by atoms with Gasteiger partial charge in [-0.05, 0) is 94.0 Å². The zero-order valence-electron chi connectivity index (χ0n) is 31.1. The van der Waals surface area contributed by atoms with Gasteiger partial charge in [0.05, 0.1) is 17.1 Å². The second kappa shape index (κ2) is 14.3. The maximum Gasteiger partial charge on any atom is 0.161 e. The normalized spacial score (nSPS) is 12.6. The van der Waals surface area contributed by atoms with Crippen molar-refractivity contribution in [2.45, 2.75) is 9.79 Å². The SMILES string of the molecule is C1=C\c2ccc(-c3cc(-c4ccccc4)nc(-c4ccc(-c5cccnc5)nc4)n3)cc2-c2cc3oc4ccccc4c3cc2Sc2ccccc2-c2ccccc2/1. The number of para-hydroxylation sites is 1. The molecule has 5 nitrogen and oxygen atoms in total. The van der Waals surface area contributed by atoms with Crippen LogP contribution < -0.4 is 0 Å². The number of rotatable bonds is 4. The average molecular weight is 761 g/mol. The molecule has 0 N–H and O–H groups in total. The Labute approximate surface area is 339 Å². The molecule has 10 aromatic rings. The Balaban J connectivity index is 1.13. The Hall–Kier alpha value is -7.41. The summed E-state index contributed by atoms with van der Waals surface area (Å²) in [4.78, 5) is 21.7. The summed E-state index contributed by atoms with van der Waals surface area (Å²) < 4.78 is 6.53. The van der Waals surface area contributed by atoms with Gasteiger partial charge in [0, 0.05) is 61.4 Å². The first-order valence-electron chi connectivity index (χ1n) is 19.2. The van der Waals surface area contributed by atoms with Crippen LogP contribution in [0.15, 0.2) is 197 Å². The second-order valence-electron chi connectivity index (χ2n) is 14.3. The summed E-state index contributed by atoms with van der Waals surface area (Å²) in [6.45, 7) is 0. The van der Waals surface area contributed by atoms with E-state index >= 15 is 0 Å². The van der Waals surface area contributed by atoms with Gasteiger partial charge in [0.1, 0.15) is 11.2 Å². The van der Waals surface area contributed by atoms with E-state index in [1.54, 1.807) is 18.0 Å². The van der Waals surface area contributed by atoms with Crippen molar-refractivity contribution in [3.05, 3.63) is 194 Å². The molecule has 272 valence electrons. The lowest BCUT2D eigenvalue weighted by molar-refractivity contribution is 0.669. The van der Waals surface area contributed by atoms with Crippen LogP contribution in [0.2, 0.25) is 0 Å². The minimum atomic E-state index is 0.603. The molecule has 1 aliphatic heterocycles. The van der Waals surface area contributed by atoms with Gasteiger partial charge in [-0.2, -0.15) is 0 Å². The molecular formula is C52H32N4OS. The number of hydrogen-bond donors (Lipinski definition) is 0. The average Bonchev–Trinajstić information content (AvgIpc) is 3.65. The maximum atomic E-state index is 6.53. The number of nitrogens with zero attached hydrogens (tertiary/aromatic N) is 4. The Morgan fingerprint density at radius 2 is 1.16 bits per heavy atom. The molecule has 58 heavy (non-hydrogen) atoms. The molecule has 0 bridgehead atoms. The summed E-state index contributed by atoms with van der Waals surface area (Å²) >= 11 is 1.80. The van der Waals surface area contributed by atoms with Gasteiger partial charge >= 0.3 is 0 Å². The van der Waals surface area contributed by atoms with Crippen LogP contribution in [0.5, 0.6) is 0 Å². The second-order valence-corrected chi connectivity index (χ2v) is 15.3. The molecule has 0 amide bonds. The molecule has 6 aromatic carbocycles. The first kappa shape index (κ1) is 33.9. The summed E-state index contributed by atoms with van der Waals surface area (Å²) in [5.74, 6) is 0.603. The Bertz CT molecular complexity index is 3190. The standard InChI is InChI=1S/C52H32N4OS/c1-2-12-35(13-3-1)46-30-47(56-52(55-46)38-24-25-45(54-32-38)37-14-10-26-53-31-37)36-23-22-34-21-20-33-11-4-5-15-39(33)41-17-7-9-19-50(41)58-51-29-43-40-16-6-8-18-48(40)57-49(43)28-44(51)42(34)27-36/h1-32H/b21-20-. The van der Waals surface area contributed by atoms with Crippen molar-refractivity contribution in [1.82, 2.24) is 19.9 Å². The van der Waals surface area contributed by atoms with E-state index in [2.05, 4.69) is 126 Å². The molecule has 5 heterocycles. The lowest BCUT2D eigenvalue weighted by Gasteiger charge is -2.16. The van der Waals surface area contributed by atoms with E-state index < -0.39 is 0 Å². The highest BCUT2D eigenvalue weighted by atomic mass is 32.2. The quantitative estimate of drug-likeness (QED) is 0.178. The van der Waals surface area contributed by atoms with E-state index in [1.165, 1.54) is 16.0 Å². The third-order valence-electron chi connectivity index (χ3n) is 10.7. The van der Waals surface area contributed by atoms with Crippen LogP contribution >= 0.6 is 11.8 Å². The molecule has 0 atom stereocenters. The number of pyridine rings is 2. The van der Waals surface area contributed by atoms with Gasteiger partial charge in [-0.1, -0.05) is 127 Å². The molecule has 0 unspecified atom stereocenters. The number of hydrogen-bond acceptors (Lipinski definition) is 6. The van der Waals surface area contributed by atoms with E-state index in [1.807, 2.05) is 67.0 Å². The number of benzene rings is 6. The Morgan fingerprint density at radius 1 is 0.414 bits per heavy atom. The third-order valence-corrected chi connectivity index (χ3v) is 11.8. The van der Waals surface area contributed by atoms with Crippen molar-refractivity contribution in [2.24, 2.45) is 0 Å². The molecule has 0 saturated carbocycles. The van der Waals surface area contributed by atoms with Crippen molar-refractivity contribution in [1.29, 1.82) is 0 Å². The molecule has 4 aromatic heterocycles. The molecule has 0 fully saturated rings. The smallest absolute Gasteiger partial charge is 0.161 e. The summed E-state index contributed by atoms with van der Waals surface area (Å²) in [6, 6.07) is 57.1. The number of aromatic nitrogens is 4. The van der Waals surface area contributed by atoms with Crippen molar-refractivity contribution < 1.29 is 4.42 Å². The van der Waals surface area contributed by atoms with Crippen LogP contribution in [0, 0.1) is 0 Å².